The van der Waals surface area contributed by atoms with E-state index < -0.39 is 0 Å². The van der Waals surface area contributed by atoms with Gasteiger partial charge < -0.3 is 5.32 Å². The molecule has 29 heavy (non-hydrogen) atoms. The number of halogens is 1. The van der Waals surface area contributed by atoms with E-state index in [1.54, 1.807) is 24.3 Å². The van der Waals surface area contributed by atoms with Gasteiger partial charge in [0, 0.05) is 15.6 Å². The second-order valence-corrected chi connectivity index (χ2v) is 7.96. The summed E-state index contributed by atoms with van der Waals surface area (Å²) in [5.41, 5.74) is 1.81. The van der Waals surface area contributed by atoms with E-state index in [1.807, 2.05) is 60.7 Å². The van der Waals surface area contributed by atoms with Crippen LogP contribution in [-0.4, -0.2) is 16.7 Å². The van der Waals surface area contributed by atoms with Crippen LogP contribution >= 0.6 is 23.4 Å². The van der Waals surface area contributed by atoms with Crippen molar-refractivity contribution < 1.29 is 9.59 Å². The van der Waals surface area contributed by atoms with Crippen molar-refractivity contribution in [2.75, 3.05) is 5.32 Å². The van der Waals surface area contributed by atoms with Gasteiger partial charge >= 0.3 is 0 Å². The van der Waals surface area contributed by atoms with E-state index in [0.29, 0.717) is 15.6 Å². The zero-order chi connectivity index (χ0) is 20.2. The number of carbonyl (C=O) groups excluding carboxylic acids is 2. The van der Waals surface area contributed by atoms with Crippen LogP contribution in [-0.2, 0) is 16.1 Å². The van der Waals surface area contributed by atoms with E-state index in [2.05, 4.69) is 5.32 Å². The highest BCUT2D eigenvalue weighted by molar-refractivity contribution is 8.04. The van der Waals surface area contributed by atoms with Crippen LogP contribution < -0.4 is 5.32 Å². The number of imide groups is 1. The maximum absolute atomic E-state index is 13.2. The molecular weight excluding hydrogens is 404 g/mol. The standard InChI is InChI=1S/C23H17ClN2O2S/c24-17-10-7-11-18(14-17)25-20-21(29-19-12-5-2-6-13-19)23(28)26(22(20)27)15-16-8-3-1-4-9-16/h1-14,25H,15H2. The Hall–Kier alpha value is -3.02. The molecule has 0 saturated carbocycles. The molecule has 0 aromatic heterocycles. The van der Waals surface area contributed by atoms with E-state index in [4.69, 9.17) is 11.6 Å². The lowest BCUT2D eigenvalue weighted by Gasteiger charge is -2.15. The Kier molecular flexibility index (Phi) is 5.69. The SMILES string of the molecule is O=C1C(Nc2cccc(Cl)c2)=C(Sc2ccccc2)C(=O)N1Cc1ccccc1. The number of benzene rings is 3. The molecule has 0 aliphatic carbocycles. The van der Waals surface area contributed by atoms with E-state index in [1.165, 1.54) is 16.7 Å². The maximum Gasteiger partial charge on any atom is 0.278 e. The van der Waals surface area contributed by atoms with Crippen molar-refractivity contribution in [2.24, 2.45) is 0 Å². The summed E-state index contributed by atoms with van der Waals surface area (Å²) in [5, 5.41) is 3.66. The number of anilines is 1. The molecule has 1 N–H and O–H groups in total. The Morgan fingerprint density at radius 3 is 2.21 bits per heavy atom. The topological polar surface area (TPSA) is 49.4 Å². The van der Waals surface area contributed by atoms with Gasteiger partial charge in [0.15, 0.2) is 0 Å². The Bertz CT molecular complexity index is 1080. The minimum Gasteiger partial charge on any atom is -0.350 e. The first-order chi connectivity index (χ1) is 14.1. The number of hydrogen-bond acceptors (Lipinski definition) is 4. The van der Waals surface area contributed by atoms with Crippen LogP contribution in [0.4, 0.5) is 5.69 Å². The average molecular weight is 421 g/mol. The van der Waals surface area contributed by atoms with Crippen LogP contribution in [0.2, 0.25) is 5.02 Å². The second kappa shape index (κ2) is 8.55. The Balaban J connectivity index is 1.68. The summed E-state index contributed by atoms with van der Waals surface area (Å²) in [4.78, 5) is 28.8. The van der Waals surface area contributed by atoms with Crippen LogP contribution in [0.25, 0.3) is 0 Å². The Morgan fingerprint density at radius 1 is 0.828 bits per heavy atom. The lowest BCUT2D eigenvalue weighted by atomic mass is 10.2. The summed E-state index contributed by atoms with van der Waals surface area (Å²) in [6, 6.07) is 26.1. The highest BCUT2D eigenvalue weighted by atomic mass is 35.5. The van der Waals surface area contributed by atoms with Crippen molar-refractivity contribution in [3.63, 3.8) is 0 Å². The molecule has 1 aliphatic rings. The molecule has 3 aromatic rings. The highest BCUT2D eigenvalue weighted by Crippen LogP contribution is 2.36. The van der Waals surface area contributed by atoms with Crippen molar-refractivity contribution in [3.05, 3.63) is 106 Å². The smallest absolute Gasteiger partial charge is 0.278 e. The summed E-state index contributed by atoms with van der Waals surface area (Å²) in [7, 11) is 0. The van der Waals surface area contributed by atoms with Gasteiger partial charge in [-0.2, -0.15) is 0 Å². The van der Waals surface area contributed by atoms with Crippen LogP contribution in [0.3, 0.4) is 0 Å². The monoisotopic (exact) mass is 420 g/mol. The minimum absolute atomic E-state index is 0.220. The molecule has 0 fully saturated rings. The average Bonchev–Trinajstić information content (AvgIpc) is 2.94. The molecule has 144 valence electrons. The molecule has 0 unspecified atom stereocenters. The molecule has 0 atom stereocenters. The van der Waals surface area contributed by atoms with Crippen LogP contribution in [0.5, 0.6) is 0 Å². The van der Waals surface area contributed by atoms with Crippen molar-refractivity contribution in [2.45, 2.75) is 11.4 Å². The van der Waals surface area contributed by atoms with Crippen molar-refractivity contribution in [1.82, 2.24) is 4.90 Å². The van der Waals surface area contributed by atoms with Gasteiger partial charge in [-0.25, -0.2) is 0 Å². The zero-order valence-electron chi connectivity index (χ0n) is 15.3. The number of hydrogen-bond donors (Lipinski definition) is 1. The van der Waals surface area contributed by atoms with Gasteiger partial charge in [-0.1, -0.05) is 78.0 Å². The van der Waals surface area contributed by atoms with Gasteiger partial charge in [-0.3, -0.25) is 14.5 Å². The molecule has 0 spiro atoms. The van der Waals surface area contributed by atoms with Crippen molar-refractivity contribution in [3.8, 4) is 0 Å². The van der Waals surface area contributed by atoms with Crippen molar-refractivity contribution >= 4 is 40.9 Å². The van der Waals surface area contributed by atoms with Crippen LogP contribution in [0, 0.1) is 0 Å². The van der Waals surface area contributed by atoms with E-state index >= 15 is 0 Å². The fourth-order valence-electron chi connectivity index (χ4n) is 2.99. The summed E-state index contributed by atoms with van der Waals surface area (Å²) < 4.78 is 0. The number of nitrogens with one attached hydrogen (secondary N) is 1. The largest absolute Gasteiger partial charge is 0.350 e. The second-order valence-electron chi connectivity index (χ2n) is 6.44. The predicted molar refractivity (Wildman–Crippen MR) is 116 cm³/mol. The van der Waals surface area contributed by atoms with Gasteiger partial charge in [0.05, 0.1) is 6.54 Å². The molecule has 6 heteroatoms. The predicted octanol–water partition coefficient (Wildman–Crippen LogP) is 5.32. The third-order valence-corrected chi connectivity index (χ3v) is 5.69. The van der Waals surface area contributed by atoms with Gasteiger partial charge in [-0.15, -0.1) is 0 Å². The fraction of sp³-hybridized carbons (Fsp3) is 0.0435. The lowest BCUT2D eigenvalue weighted by Crippen LogP contribution is -2.31. The third-order valence-electron chi connectivity index (χ3n) is 4.37. The number of thioether (sulfide) groups is 1. The molecule has 4 nitrogen and oxygen atoms in total. The molecule has 0 saturated heterocycles. The van der Waals surface area contributed by atoms with Crippen LogP contribution in [0.15, 0.2) is 100 Å². The van der Waals surface area contributed by atoms with Gasteiger partial charge in [0.25, 0.3) is 11.8 Å². The number of nitrogens with zero attached hydrogens (tertiary/aromatic N) is 1. The summed E-state index contributed by atoms with van der Waals surface area (Å²) in [6.07, 6.45) is 0. The normalized spacial score (nSPS) is 13.9. The zero-order valence-corrected chi connectivity index (χ0v) is 16.9. The lowest BCUT2D eigenvalue weighted by molar-refractivity contribution is -0.137. The quantitative estimate of drug-likeness (QED) is 0.548. The maximum atomic E-state index is 13.2. The number of carbonyl (C=O) groups is 2. The van der Waals surface area contributed by atoms with E-state index in [0.717, 1.165) is 10.5 Å². The Labute approximate surface area is 178 Å². The summed E-state index contributed by atoms with van der Waals surface area (Å²) >= 11 is 7.35. The summed E-state index contributed by atoms with van der Waals surface area (Å²) in [6.45, 7) is 0.220. The molecule has 2 amide bonds. The minimum atomic E-state index is -0.350. The van der Waals surface area contributed by atoms with E-state index in [-0.39, 0.29) is 24.1 Å². The van der Waals surface area contributed by atoms with E-state index in [9.17, 15) is 9.59 Å². The summed E-state index contributed by atoms with van der Waals surface area (Å²) in [5.74, 6) is -0.658. The first-order valence-electron chi connectivity index (χ1n) is 9.02. The van der Waals surface area contributed by atoms with Crippen LogP contribution in [0.1, 0.15) is 5.56 Å². The molecule has 3 aromatic carbocycles. The molecular formula is C23H17ClN2O2S. The van der Waals surface area contributed by atoms with Gasteiger partial charge in [0.2, 0.25) is 0 Å². The highest BCUT2D eigenvalue weighted by Gasteiger charge is 2.39. The molecule has 0 radical (unpaired) electrons. The number of amides is 2. The first kappa shape index (κ1) is 19.3. The van der Waals surface area contributed by atoms with Gasteiger partial charge in [0.1, 0.15) is 10.6 Å². The molecule has 1 aliphatic heterocycles. The molecule has 4 rings (SSSR count). The third kappa shape index (κ3) is 4.36. The fourth-order valence-corrected chi connectivity index (χ4v) is 4.14. The molecule has 0 bridgehead atoms. The van der Waals surface area contributed by atoms with Gasteiger partial charge in [-0.05, 0) is 35.9 Å². The number of rotatable bonds is 6. The van der Waals surface area contributed by atoms with Crippen molar-refractivity contribution in [1.29, 1.82) is 0 Å². The Morgan fingerprint density at radius 2 is 1.52 bits per heavy atom. The molecule has 1 heterocycles. The first-order valence-corrected chi connectivity index (χ1v) is 10.2.